The monoisotopic (exact) mass is 1510 g/mol. The van der Waals surface area contributed by atoms with E-state index in [-0.39, 0.29) is 129 Å². The van der Waals surface area contributed by atoms with E-state index < -0.39 is 101 Å². The molecule has 12 atom stereocenters. The van der Waals surface area contributed by atoms with Gasteiger partial charge in [0.2, 0.25) is 11.8 Å². The van der Waals surface area contributed by atoms with Crippen LogP contribution in [0.3, 0.4) is 0 Å². The molecule has 584 valence electrons. The van der Waals surface area contributed by atoms with Gasteiger partial charge in [-0.3, -0.25) is 32.7 Å². The average molecular weight is 1510 g/mol. The molecule has 26 heteroatoms. The van der Waals surface area contributed by atoms with Gasteiger partial charge in [-0.1, -0.05) is 239 Å². The summed E-state index contributed by atoms with van der Waals surface area (Å²) in [6.07, 6.45) is 33.2. The second-order valence-electron chi connectivity index (χ2n) is 27.4. The number of nitrogens with one attached hydrogen (secondary N) is 2. The number of amides is 2. The van der Waals surface area contributed by atoms with Gasteiger partial charge in [0.25, 0.3) is 0 Å². The Hall–Kier alpha value is -0.760. The molecule has 0 aromatic carbocycles. The number of phosphoric acid groups is 2. The van der Waals surface area contributed by atoms with Gasteiger partial charge in [-0.15, -0.1) is 13.2 Å². The number of ether oxygens (including phenoxy) is 8. The van der Waals surface area contributed by atoms with Crippen LogP contribution in [0.15, 0.2) is 37.5 Å². The summed E-state index contributed by atoms with van der Waals surface area (Å²) in [6.45, 7) is 18.2. The van der Waals surface area contributed by atoms with Gasteiger partial charge >= 0.3 is 72.9 Å². The Labute approximate surface area is 661 Å². The van der Waals surface area contributed by atoms with Crippen molar-refractivity contribution >= 4 is 39.2 Å². The van der Waals surface area contributed by atoms with E-state index in [1.54, 1.807) is 14.0 Å². The molecule has 2 heterocycles. The Bertz CT molecular complexity index is 2240. The van der Waals surface area contributed by atoms with E-state index in [4.69, 9.17) is 56.0 Å². The molecule has 2 aliphatic rings. The number of hydrogen-bond acceptors (Lipinski definition) is 20. The smallest absolute Gasteiger partial charge is 0.790 e. The zero-order valence-corrected chi connectivity index (χ0v) is 71.0. The summed E-state index contributed by atoms with van der Waals surface area (Å²) in [7, 11) is -7.33. The summed E-state index contributed by atoms with van der Waals surface area (Å²) in [5, 5.41) is 5.85. The molecule has 0 spiro atoms. The number of allylic oxidation sites excluding steroid dienone is 2. The minimum absolute atomic E-state index is 0. The third kappa shape index (κ3) is 48.0. The number of unbranched alkanes of at least 4 members (excludes halogenated alkanes) is 30. The van der Waals surface area contributed by atoms with E-state index in [1.165, 1.54) is 77.6 Å². The zero-order valence-electron chi connectivity index (χ0n) is 65.2. The predicted octanol–water partition coefficient (Wildman–Crippen LogP) is 9.98. The molecule has 1 unspecified atom stereocenters. The zero-order chi connectivity index (χ0) is 73.5. The Morgan fingerprint density at radius 3 is 1.50 bits per heavy atom. The molecule has 0 bridgehead atoms. The van der Waals surface area contributed by atoms with Crippen LogP contribution < -0.4 is 79.5 Å². The quantitative estimate of drug-likeness (QED) is 0.0143. The topological polar surface area (TPSA) is 283 Å². The summed E-state index contributed by atoms with van der Waals surface area (Å²) in [6, 6.07) is -2.80. The molecule has 2 aliphatic heterocycles. The van der Waals surface area contributed by atoms with Crippen LogP contribution in [0.25, 0.3) is 0 Å². The van der Waals surface area contributed by atoms with Gasteiger partial charge in [0.1, 0.15) is 48.4 Å². The van der Waals surface area contributed by atoms with Gasteiger partial charge in [0, 0.05) is 53.1 Å². The molecular weight excluding hydrogens is 1370 g/mol. The van der Waals surface area contributed by atoms with Crippen molar-refractivity contribution in [2.45, 2.75) is 366 Å². The molecule has 2 fully saturated rings. The fraction of sp³-hybridized carbons (Fsp3) is 0.868. The minimum atomic E-state index is -5.92. The number of ketones is 1. The number of methoxy groups -OCH3 is 2. The third-order valence-electron chi connectivity index (χ3n) is 18.4. The van der Waals surface area contributed by atoms with E-state index in [0.717, 1.165) is 161 Å². The number of esters is 1. The largest absolute Gasteiger partial charge is 1.00 e. The van der Waals surface area contributed by atoms with Crippen molar-refractivity contribution in [2.75, 3.05) is 53.9 Å². The van der Waals surface area contributed by atoms with Crippen molar-refractivity contribution in [2.24, 2.45) is 5.92 Å². The van der Waals surface area contributed by atoms with Gasteiger partial charge in [0.15, 0.2) is 18.7 Å². The number of hydrogen-bond donors (Lipinski definition) is 2. The normalized spacial score (nSPS) is 21.4. The molecule has 0 saturated carbocycles. The predicted molar refractivity (Wildman–Crippen MR) is 389 cm³/mol. The number of phosphoric ester groups is 2. The van der Waals surface area contributed by atoms with Crippen LogP contribution in [-0.4, -0.2) is 145 Å². The number of Topliss-reactive ketones (excluding diaryl/α,β-unsaturated/α-hetero) is 1. The molecule has 2 amide bonds. The Morgan fingerprint density at radius 2 is 0.990 bits per heavy atom. The Balaban J connectivity index is 0.0000510. The van der Waals surface area contributed by atoms with E-state index in [1.807, 2.05) is 0 Å². The van der Waals surface area contributed by atoms with Gasteiger partial charge in [-0.05, 0) is 57.8 Å². The second-order valence-corrected chi connectivity index (χ2v) is 30.1. The number of carbonyl (C=O) groups excluding carboxylic acids is 4. The molecule has 22 nitrogen and oxygen atoms in total. The third-order valence-corrected chi connectivity index (χ3v) is 20.3. The van der Waals surface area contributed by atoms with Crippen LogP contribution in [0, 0.1) is 5.92 Å². The molecule has 0 aromatic heterocycles. The molecule has 0 aromatic rings. The van der Waals surface area contributed by atoms with Crippen molar-refractivity contribution in [1.29, 1.82) is 0 Å². The van der Waals surface area contributed by atoms with Crippen LogP contribution in [0.5, 0.6) is 0 Å². The van der Waals surface area contributed by atoms with Crippen LogP contribution in [0.1, 0.15) is 298 Å². The first-order valence-corrected chi connectivity index (χ1v) is 41.9. The average Bonchev–Trinajstić information content (AvgIpc) is 0.781. The summed E-state index contributed by atoms with van der Waals surface area (Å²) in [5.41, 5.74) is 0. The van der Waals surface area contributed by atoms with E-state index in [2.05, 4.69) is 63.6 Å². The molecule has 102 heavy (non-hydrogen) atoms. The molecule has 2 saturated heterocycles. The fourth-order valence-corrected chi connectivity index (χ4v) is 14.6. The maximum atomic E-state index is 14.7. The van der Waals surface area contributed by atoms with Gasteiger partial charge in [-0.25, -0.2) is 4.57 Å². The van der Waals surface area contributed by atoms with Gasteiger partial charge < -0.3 is 67.4 Å². The fourth-order valence-electron chi connectivity index (χ4n) is 12.8. The van der Waals surface area contributed by atoms with Crippen molar-refractivity contribution in [3.63, 3.8) is 0 Å². The van der Waals surface area contributed by atoms with Crippen LogP contribution >= 0.6 is 15.6 Å². The standard InChI is InChI=1S/C76H140N2O20P2.2Na/c1-11-17-21-25-28-31-32-33-34-35-36-38-40-44-48-52-66(81)77-68-72(90-57-53-64(88-10)51-47-42-24-20-14-4)71(97-100(86,92-54-15-5)93-55-16-6)65(60-87-9)95-75(68)91-59-61(7)70-74(94-62(8)79)73(89-56-49-45-41-30-27-23-19-13-3)69(76(96-70)98-99(83,84)85)78-67(82)58-63(80)50-46-43-39-37-29-26-22-18-12-2;;/h15-16,31-32,61,64-65,68-76H,5-6,11-14,17-30,33-60H2,1-4,7-10H3,(H,77,81)(H,78,82)(H2,83,84,85);;/q;2*+1/p-2/b32-31-;;/t61?,64-,65-,68-,69-,70-,71-,72-,73-,74-,75-,76-;;/m1../s1. The minimum Gasteiger partial charge on any atom is -0.790 e. The Kier molecular flexibility index (Phi) is 64.5. The maximum Gasteiger partial charge on any atom is 1.00 e. The van der Waals surface area contributed by atoms with E-state index >= 15 is 0 Å². The second kappa shape index (κ2) is 65.0. The first kappa shape index (κ1) is 101. The summed E-state index contributed by atoms with van der Waals surface area (Å²) < 4.78 is 102. The van der Waals surface area contributed by atoms with Crippen molar-refractivity contribution < 1.29 is 153 Å². The molecule has 2 N–H and O–H groups in total. The van der Waals surface area contributed by atoms with Crippen molar-refractivity contribution in [3.8, 4) is 0 Å². The molecule has 0 radical (unpaired) electrons. The van der Waals surface area contributed by atoms with E-state index in [0.29, 0.717) is 25.7 Å². The Morgan fingerprint density at radius 1 is 0.529 bits per heavy atom. The van der Waals surface area contributed by atoms with Crippen LogP contribution in [-0.2, 0) is 84.3 Å². The van der Waals surface area contributed by atoms with Crippen molar-refractivity contribution in [1.82, 2.24) is 10.6 Å². The number of rotatable bonds is 67. The first-order chi connectivity index (χ1) is 48.3. The summed E-state index contributed by atoms with van der Waals surface area (Å²) in [5.74, 6) is -3.20. The number of carbonyl (C=O) groups is 4. The molecular formula is C76H138N2Na2O20P2. The van der Waals surface area contributed by atoms with Gasteiger partial charge in [-0.2, -0.15) is 0 Å². The van der Waals surface area contributed by atoms with Crippen molar-refractivity contribution in [3.05, 3.63) is 37.5 Å². The summed E-state index contributed by atoms with van der Waals surface area (Å²) >= 11 is 0. The summed E-state index contributed by atoms with van der Waals surface area (Å²) in [4.78, 5) is 80.7. The molecule has 2 rings (SSSR count). The van der Waals surface area contributed by atoms with Gasteiger partial charge in [0.05, 0.1) is 46.8 Å². The maximum absolute atomic E-state index is 14.7. The SMILES string of the molecule is C=CCOP(=O)(OCC=C)O[C@H]1[C@H](OCC[C@@H](CCCCCCC)OC)[C@@H](NC(=O)CCCCCCCCC/C=C\CCCCCC)[C@H](OCC(C)[C@H]2O[C@H](OP(=O)([O-])[O-])[C@H](NC(=O)CC(=O)CCCCCCCCCCC)[C@@H](OCCCCCCCCCC)[C@@H]2OC(C)=O)O[C@@H]1COC.[Na+].[Na+]. The first-order valence-electron chi connectivity index (χ1n) is 38.9. The van der Waals surface area contributed by atoms with Crippen LogP contribution in [0.2, 0.25) is 0 Å². The van der Waals surface area contributed by atoms with E-state index in [9.17, 15) is 38.1 Å². The van der Waals surface area contributed by atoms with Crippen LogP contribution in [0.4, 0.5) is 0 Å². The molecule has 0 aliphatic carbocycles.